The van der Waals surface area contributed by atoms with Crippen LogP contribution in [0.25, 0.3) is 0 Å². The second kappa shape index (κ2) is 7.23. The fourth-order valence-electron chi connectivity index (χ4n) is 0. The van der Waals surface area contributed by atoms with Crippen LogP contribution in [0.4, 0.5) is 0 Å². The first kappa shape index (κ1) is 15.7. The Hall–Kier alpha value is 0.226. The van der Waals surface area contributed by atoms with Gasteiger partial charge in [0.1, 0.15) is 0 Å². The summed E-state index contributed by atoms with van der Waals surface area (Å²) < 4.78 is 0. The number of hydrogen-bond donors (Lipinski definition) is 2. The molecule has 0 aromatic rings. The Morgan fingerprint density at radius 2 is 1.25 bits per heavy atom. The molecule has 8 heavy (non-hydrogen) atoms. The zero-order valence-corrected chi connectivity index (χ0v) is 6.39. The van der Waals surface area contributed by atoms with Gasteiger partial charge < -0.3 is 13.1 Å². The monoisotopic (exact) mass is 171 g/mol. The molecule has 0 unspecified atom stereocenters. The molecule has 0 amide bonds. The van der Waals surface area contributed by atoms with E-state index in [2.05, 4.69) is 0 Å². The van der Waals surface area contributed by atoms with Crippen molar-refractivity contribution in [2.75, 3.05) is 0 Å². The summed E-state index contributed by atoms with van der Waals surface area (Å²) in [6.07, 6.45) is 0. The minimum Gasteiger partial charge on any atom is -1.00 e. The Labute approximate surface area is 74.9 Å². The van der Waals surface area contributed by atoms with Crippen LogP contribution in [-0.2, 0) is 26.7 Å². The molecular formula is C2H4MgMnO4. The molecule has 2 N–H and O–H groups in total. The van der Waals surface area contributed by atoms with E-state index in [1.807, 2.05) is 0 Å². The normalized spacial score (nSPS) is 5.50. The molecule has 0 aromatic heterocycles. The standard InChI is InChI=1S/C2H2O4.Mg.Mn.2H/c3-1(4)2(5)6;;;;/h(H,3,4)(H,5,6);;;;/q;+2;;2*-1. The van der Waals surface area contributed by atoms with Crippen molar-refractivity contribution >= 4 is 35.0 Å². The van der Waals surface area contributed by atoms with Crippen molar-refractivity contribution in [2.45, 2.75) is 0 Å². The summed E-state index contributed by atoms with van der Waals surface area (Å²) in [6.45, 7) is 0. The van der Waals surface area contributed by atoms with Crippen molar-refractivity contribution in [3.8, 4) is 0 Å². The zero-order chi connectivity index (χ0) is 5.15. The SMILES string of the molecule is O=C(O)C(=O)O.[H-].[H-].[Mg+2].[Mn]. The summed E-state index contributed by atoms with van der Waals surface area (Å²) in [5.74, 6) is -3.65. The minimum atomic E-state index is -1.82. The van der Waals surface area contributed by atoms with Gasteiger partial charge >= 0.3 is 35.0 Å². The third kappa shape index (κ3) is 9.52. The third-order valence-corrected chi connectivity index (χ3v) is 0.183. The quantitative estimate of drug-likeness (QED) is 0.362. The molecule has 0 heterocycles. The first-order valence-corrected chi connectivity index (χ1v) is 1.11. The van der Waals surface area contributed by atoms with E-state index >= 15 is 0 Å². The predicted molar refractivity (Wildman–Crippen MR) is 23.2 cm³/mol. The van der Waals surface area contributed by atoms with Crippen molar-refractivity contribution in [2.24, 2.45) is 0 Å². The van der Waals surface area contributed by atoms with Gasteiger partial charge in [0.05, 0.1) is 0 Å². The molecular weight excluding hydrogens is 167 g/mol. The molecule has 0 fully saturated rings. The summed E-state index contributed by atoms with van der Waals surface area (Å²) in [5, 5.41) is 14.8. The van der Waals surface area contributed by atoms with Gasteiger partial charge in [-0.2, -0.15) is 0 Å². The fourth-order valence-corrected chi connectivity index (χ4v) is 0. The molecule has 0 aliphatic rings. The number of hydrogen-bond acceptors (Lipinski definition) is 2. The summed E-state index contributed by atoms with van der Waals surface area (Å²) in [5.41, 5.74) is 0. The van der Waals surface area contributed by atoms with Crippen LogP contribution in [0.5, 0.6) is 0 Å². The van der Waals surface area contributed by atoms with Crippen molar-refractivity contribution in [3.63, 3.8) is 0 Å². The Morgan fingerprint density at radius 3 is 1.25 bits per heavy atom. The first-order valence-electron chi connectivity index (χ1n) is 1.11. The molecule has 1 radical (unpaired) electrons. The average Bonchev–Trinajstić information content (AvgIpc) is 1.36. The summed E-state index contributed by atoms with van der Waals surface area (Å²) in [7, 11) is 0. The van der Waals surface area contributed by atoms with Crippen molar-refractivity contribution in [3.05, 3.63) is 0 Å². The van der Waals surface area contributed by atoms with Crippen LogP contribution in [0.3, 0.4) is 0 Å². The van der Waals surface area contributed by atoms with Crippen LogP contribution in [0.15, 0.2) is 0 Å². The molecule has 0 aromatic carbocycles. The van der Waals surface area contributed by atoms with E-state index in [4.69, 9.17) is 19.8 Å². The number of carboxylic acids is 2. The molecule has 45 valence electrons. The van der Waals surface area contributed by atoms with Gasteiger partial charge in [-0.3, -0.25) is 0 Å². The van der Waals surface area contributed by atoms with Crippen LogP contribution in [0, 0.1) is 0 Å². The number of carbonyl (C=O) groups is 2. The predicted octanol–water partition coefficient (Wildman–Crippen LogP) is -1.00. The van der Waals surface area contributed by atoms with E-state index in [9.17, 15) is 0 Å². The average molecular weight is 171 g/mol. The second-order valence-electron chi connectivity index (χ2n) is 0.610. The van der Waals surface area contributed by atoms with E-state index in [-0.39, 0.29) is 43.0 Å². The maximum atomic E-state index is 9.10. The van der Waals surface area contributed by atoms with Gasteiger partial charge in [-0.1, -0.05) is 0 Å². The fraction of sp³-hybridized carbons (Fsp3) is 0. The van der Waals surface area contributed by atoms with E-state index < -0.39 is 11.9 Å². The van der Waals surface area contributed by atoms with Gasteiger partial charge in [-0.15, -0.1) is 0 Å². The molecule has 0 aliphatic carbocycles. The number of carboxylic acid groups (broad SMARTS) is 2. The minimum absolute atomic E-state index is 0. The van der Waals surface area contributed by atoms with Crippen molar-refractivity contribution in [1.82, 2.24) is 0 Å². The Kier molecular flexibility index (Phi) is 14.2. The molecule has 0 rings (SSSR count). The van der Waals surface area contributed by atoms with Crippen LogP contribution in [0.2, 0.25) is 0 Å². The van der Waals surface area contributed by atoms with Gasteiger partial charge in [0, 0.05) is 17.1 Å². The van der Waals surface area contributed by atoms with Crippen molar-refractivity contribution in [1.29, 1.82) is 0 Å². The maximum absolute atomic E-state index is 9.10. The zero-order valence-electron chi connectivity index (χ0n) is 5.80. The van der Waals surface area contributed by atoms with Crippen molar-refractivity contribution < 1.29 is 39.7 Å². The topological polar surface area (TPSA) is 74.6 Å². The molecule has 4 nitrogen and oxygen atoms in total. The molecule has 0 bridgehead atoms. The Morgan fingerprint density at radius 1 is 1.12 bits per heavy atom. The van der Waals surface area contributed by atoms with Crippen LogP contribution in [-0.4, -0.2) is 45.2 Å². The first-order chi connectivity index (χ1) is 2.64. The number of rotatable bonds is 0. The smallest absolute Gasteiger partial charge is 1.00 e. The summed E-state index contributed by atoms with van der Waals surface area (Å²) in [6, 6.07) is 0. The summed E-state index contributed by atoms with van der Waals surface area (Å²) in [4.78, 5) is 18.2. The maximum Gasteiger partial charge on any atom is 2.00 e. The second-order valence-corrected chi connectivity index (χ2v) is 0.610. The largest absolute Gasteiger partial charge is 2.00 e. The molecule has 6 heteroatoms. The molecule has 0 saturated carbocycles. The van der Waals surface area contributed by atoms with Crippen LogP contribution < -0.4 is 0 Å². The third-order valence-electron chi connectivity index (χ3n) is 0.183. The van der Waals surface area contributed by atoms with Crippen LogP contribution in [0.1, 0.15) is 2.85 Å². The van der Waals surface area contributed by atoms with E-state index in [1.54, 1.807) is 0 Å². The Balaban J connectivity index is -0.0000000208. The molecule has 0 saturated heterocycles. The molecule has 0 atom stereocenters. The number of aliphatic carboxylic acids is 2. The van der Waals surface area contributed by atoms with Gasteiger partial charge in [-0.05, 0) is 0 Å². The van der Waals surface area contributed by atoms with Gasteiger partial charge in [0.15, 0.2) is 0 Å². The summed E-state index contributed by atoms with van der Waals surface area (Å²) >= 11 is 0. The van der Waals surface area contributed by atoms with E-state index in [0.29, 0.717) is 0 Å². The molecule has 0 spiro atoms. The van der Waals surface area contributed by atoms with E-state index in [1.165, 1.54) is 0 Å². The van der Waals surface area contributed by atoms with Gasteiger partial charge in [-0.25, -0.2) is 9.59 Å². The Bertz CT molecular complexity index is 87.3. The van der Waals surface area contributed by atoms with Gasteiger partial charge in [0.25, 0.3) is 0 Å². The molecule has 0 aliphatic heterocycles. The van der Waals surface area contributed by atoms with Gasteiger partial charge in [0.2, 0.25) is 0 Å². The van der Waals surface area contributed by atoms with Crippen LogP contribution >= 0.6 is 0 Å². The van der Waals surface area contributed by atoms with E-state index in [0.717, 1.165) is 0 Å².